The number of rotatable bonds is 3. The Hall–Kier alpha value is -0.990. The first-order valence-electron chi connectivity index (χ1n) is 4.27. The Morgan fingerprint density at radius 3 is 2.27 bits per heavy atom. The maximum Gasteiger partial charge on any atom is 0.162 e. The highest BCUT2D eigenvalue weighted by Gasteiger charge is 2.10. The van der Waals surface area contributed by atoms with Crippen molar-refractivity contribution in [2.45, 2.75) is 13.3 Å². The summed E-state index contributed by atoms with van der Waals surface area (Å²) >= 11 is 11.4. The van der Waals surface area contributed by atoms with Crippen LogP contribution >= 0.6 is 23.2 Å². The van der Waals surface area contributed by atoms with E-state index in [1.807, 2.05) is 0 Å². The van der Waals surface area contributed by atoms with Crippen molar-refractivity contribution in [1.82, 2.24) is 0 Å². The molecule has 0 bridgehead atoms. The van der Waals surface area contributed by atoms with Crippen molar-refractivity contribution >= 4 is 29.0 Å². The zero-order valence-corrected chi connectivity index (χ0v) is 9.69. The van der Waals surface area contributed by atoms with Gasteiger partial charge in [0, 0.05) is 6.42 Å². The topological polar surface area (TPSA) is 37.3 Å². The number of carbonyl (C=O) groups is 1. The number of ketones is 1. The molecule has 0 saturated carbocycles. The molecule has 15 heavy (non-hydrogen) atoms. The van der Waals surface area contributed by atoms with E-state index in [4.69, 9.17) is 23.2 Å². The molecule has 0 atom stereocenters. The van der Waals surface area contributed by atoms with E-state index in [2.05, 4.69) is 6.58 Å². The molecule has 1 rings (SSSR count). The Labute approximate surface area is 98.1 Å². The van der Waals surface area contributed by atoms with E-state index in [-0.39, 0.29) is 28.0 Å². The molecule has 1 aromatic rings. The van der Waals surface area contributed by atoms with Gasteiger partial charge in [-0.1, -0.05) is 29.8 Å². The molecule has 0 spiro atoms. The number of phenolic OH excluding ortho intramolecular Hbond substituents is 1. The lowest BCUT2D eigenvalue weighted by atomic mass is 10.1. The van der Waals surface area contributed by atoms with Crippen LogP contribution in [0.15, 0.2) is 24.3 Å². The lowest BCUT2D eigenvalue weighted by Crippen LogP contribution is -2.02. The van der Waals surface area contributed by atoms with Gasteiger partial charge in [0.2, 0.25) is 0 Å². The third-order valence-corrected chi connectivity index (χ3v) is 2.49. The first-order chi connectivity index (χ1) is 6.91. The normalized spacial score (nSPS) is 10.1. The second kappa shape index (κ2) is 4.69. The average Bonchev–Trinajstić information content (AvgIpc) is 2.13. The number of hydrogen-bond acceptors (Lipinski definition) is 2. The second-order valence-corrected chi connectivity index (χ2v) is 4.10. The molecule has 1 N–H and O–H groups in total. The fraction of sp³-hybridized carbons (Fsp3) is 0.182. The number of allylic oxidation sites excluding steroid dienone is 1. The van der Waals surface area contributed by atoms with Gasteiger partial charge in [0.15, 0.2) is 11.5 Å². The second-order valence-electron chi connectivity index (χ2n) is 3.29. The number of phenols is 1. The predicted octanol–water partition coefficient (Wildman–Crippen LogP) is 3.39. The van der Waals surface area contributed by atoms with Crippen molar-refractivity contribution in [3.8, 4) is 5.75 Å². The number of benzene rings is 1. The summed E-state index contributed by atoms with van der Waals surface area (Å²) in [6.07, 6.45) is 0.190. The third-order valence-electron chi connectivity index (χ3n) is 1.92. The van der Waals surface area contributed by atoms with Crippen LogP contribution in [0, 0.1) is 0 Å². The molecule has 80 valence electrons. The Kier molecular flexibility index (Phi) is 3.77. The molecule has 2 nitrogen and oxygen atoms in total. The highest BCUT2D eigenvalue weighted by atomic mass is 35.5. The molecule has 4 heteroatoms. The van der Waals surface area contributed by atoms with Crippen LogP contribution in [0.3, 0.4) is 0 Å². The summed E-state index contributed by atoms with van der Waals surface area (Å²) < 4.78 is 0. The summed E-state index contributed by atoms with van der Waals surface area (Å²) in [5, 5.41) is 9.60. The van der Waals surface area contributed by atoms with Gasteiger partial charge in [0.1, 0.15) is 0 Å². The molecule has 0 saturated heterocycles. The van der Waals surface area contributed by atoms with Gasteiger partial charge >= 0.3 is 0 Å². The van der Waals surface area contributed by atoms with Crippen LogP contribution in [0.4, 0.5) is 0 Å². The zero-order chi connectivity index (χ0) is 11.6. The number of carbonyl (C=O) groups excluding carboxylic acids is 1. The van der Waals surface area contributed by atoms with E-state index >= 15 is 0 Å². The van der Waals surface area contributed by atoms with Gasteiger partial charge in [-0.15, -0.1) is 0 Å². The molecular weight excluding hydrogens is 235 g/mol. The summed E-state index contributed by atoms with van der Waals surface area (Å²) in [5.41, 5.74) is 1.14. The highest BCUT2D eigenvalue weighted by Crippen LogP contribution is 2.32. The molecule has 0 aromatic heterocycles. The fourth-order valence-electron chi connectivity index (χ4n) is 1.06. The number of hydrogen-bond donors (Lipinski definition) is 1. The van der Waals surface area contributed by atoms with Gasteiger partial charge in [-0.2, -0.15) is 0 Å². The van der Waals surface area contributed by atoms with E-state index < -0.39 is 0 Å². The lowest BCUT2D eigenvalue weighted by Gasteiger charge is -2.04. The summed E-state index contributed by atoms with van der Waals surface area (Å²) in [7, 11) is 0. The molecule has 0 fully saturated rings. The molecule has 0 unspecified atom stereocenters. The van der Waals surface area contributed by atoms with Crippen LogP contribution in [0.5, 0.6) is 5.75 Å². The average molecular weight is 245 g/mol. The van der Waals surface area contributed by atoms with Crippen molar-refractivity contribution in [3.05, 3.63) is 39.9 Å². The maximum atomic E-state index is 11.4. The van der Waals surface area contributed by atoms with Crippen LogP contribution in [0.2, 0.25) is 10.0 Å². The van der Waals surface area contributed by atoms with Gasteiger partial charge < -0.3 is 5.11 Å². The van der Waals surface area contributed by atoms with E-state index in [0.717, 1.165) is 0 Å². The van der Waals surface area contributed by atoms with Gasteiger partial charge in [0.05, 0.1) is 10.0 Å². The number of aromatic hydroxyl groups is 1. The standard InChI is InChI=1S/C11H10Cl2O2/c1-6(2)10(14)5-7-3-8(12)11(15)9(13)4-7/h3-4,15H,1,5H2,2H3. The highest BCUT2D eigenvalue weighted by molar-refractivity contribution is 6.37. The molecular formula is C11H10Cl2O2. The van der Waals surface area contributed by atoms with E-state index in [9.17, 15) is 9.90 Å². The van der Waals surface area contributed by atoms with E-state index in [0.29, 0.717) is 11.1 Å². The molecule has 0 aliphatic rings. The summed E-state index contributed by atoms with van der Waals surface area (Å²) in [5.74, 6) is -0.238. The summed E-state index contributed by atoms with van der Waals surface area (Å²) in [4.78, 5) is 11.4. The Balaban J connectivity index is 2.98. The van der Waals surface area contributed by atoms with Gasteiger partial charge in [-0.05, 0) is 30.2 Å². The lowest BCUT2D eigenvalue weighted by molar-refractivity contribution is -0.114. The van der Waals surface area contributed by atoms with Gasteiger partial charge in [-0.25, -0.2) is 0 Å². The van der Waals surface area contributed by atoms with E-state index in [1.54, 1.807) is 6.92 Å². The largest absolute Gasteiger partial charge is 0.505 e. The smallest absolute Gasteiger partial charge is 0.162 e. The van der Waals surface area contributed by atoms with Crippen LogP contribution in [-0.2, 0) is 11.2 Å². The minimum absolute atomic E-state index is 0.0761. The van der Waals surface area contributed by atoms with Crippen molar-refractivity contribution in [1.29, 1.82) is 0 Å². The van der Waals surface area contributed by atoms with Crippen LogP contribution in [0.25, 0.3) is 0 Å². The van der Waals surface area contributed by atoms with Gasteiger partial charge in [-0.3, -0.25) is 4.79 Å². The molecule has 0 aliphatic heterocycles. The van der Waals surface area contributed by atoms with Crippen LogP contribution < -0.4 is 0 Å². The van der Waals surface area contributed by atoms with E-state index in [1.165, 1.54) is 12.1 Å². The molecule has 1 aromatic carbocycles. The molecule has 0 amide bonds. The monoisotopic (exact) mass is 244 g/mol. The fourth-order valence-corrected chi connectivity index (χ4v) is 1.59. The van der Waals surface area contributed by atoms with Crippen molar-refractivity contribution in [2.75, 3.05) is 0 Å². The summed E-state index contributed by atoms with van der Waals surface area (Å²) in [6.45, 7) is 5.19. The molecule has 0 aliphatic carbocycles. The quantitative estimate of drug-likeness (QED) is 0.828. The van der Waals surface area contributed by atoms with Crippen molar-refractivity contribution in [2.24, 2.45) is 0 Å². The Bertz CT molecular complexity index is 402. The van der Waals surface area contributed by atoms with Crippen LogP contribution in [-0.4, -0.2) is 10.9 Å². The summed E-state index contributed by atoms with van der Waals surface area (Å²) in [6, 6.07) is 3.03. The number of halogens is 2. The zero-order valence-electron chi connectivity index (χ0n) is 8.18. The van der Waals surface area contributed by atoms with Crippen molar-refractivity contribution < 1.29 is 9.90 Å². The molecule has 0 radical (unpaired) electrons. The van der Waals surface area contributed by atoms with Crippen molar-refractivity contribution in [3.63, 3.8) is 0 Å². The van der Waals surface area contributed by atoms with Gasteiger partial charge in [0.25, 0.3) is 0 Å². The van der Waals surface area contributed by atoms with Crippen LogP contribution in [0.1, 0.15) is 12.5 Å². The Morgan fingerprint density at radius 1 is 1.40 bits per heavy atom. The predicted molar refractivity (Wildman–Crippen MR) is 61.7 cm³/mol. The minimum Gasteiger partial charge on any atom is -0.505 e. The minimum atomic E-state index is -0.162. The SMILES string of the molecule is C=C(C)C(=O)Cc1cc(Cl)c(O)c(Cl)c1. The first-order valence-corrected chi connectivity index (χ1v) is 5.03. The first kappa shape index (κ1) is 12.1. The number of Topliss-reactive ketones (excluding diaryl/α,β-unsaturated/α-hetero) is 1. The third kappa shape index (κ3) is 2.98. The Morgan fingerprint density at radius 2 is 1.87 bits per heavy atom. The molecule has 0 heterocycles. The maximum absolute atomic E-state index is 11.4.